The number of aromatic nitrogens is 3. The molecule has 7 nitrogen and oxygen atoms in total. The van der Waals surface area contributed by atoms with Crippen LogP contribution in [-0.4, -0.2) is 46.2 Å². The van der Waals surface area contributed by atoms with E-state index >= 15 is 0 Å². The van der Waals surface area contributed by atoms with Gasteiger partial charge in [0.1, 0.15) is 5.75 Å². The van der Waals surface area contributed by atoms with Crippen molar-refractivity contribution in [1.29, 1.82) is 0 Å². The number of piperidine rings is 1. The van der Waals surface area contributed by atoms with Crippen molar-refractivity contribution in [2.45, 2.75) is 25.3 Å². The Bertz CT molecular complexity index is 667. The molecule has 2 aromatic heterocycles. The highest BCUT2D eigenvalue weighted by Gasteiger charge is 2.26. The van der Waals surface area contributed by atoms with Crippen molar-refractivity contribution in [3.05, 3.63) is 41.5 Å². The number of nitrogens with two attached hydrogens (primary N) is 1. The standard InChI is InChI=1S/C16H21N5O2/c1-23-13-5-4-12(18-7-13)10-21-6-2-3-11(9-21)15-14(16(17)22)8-19-20-15/h4-5,7-8,11H,2-3,6,9-10H2,1H3,(H2,17,22)(H,19,20). The van der Waals surface area contributed by atoms with Crippen molar-refractivity contribution < 1.29 is 9.53 Å². The summed E-state index contributed by atoms with van der Waals surface area (Å²) in [4.78, 5) is 18.2. The maximum Gasteiger partial charge on any atom is 0.252 e. The lowest BCUT2D eigenvalue weighted by Gasteiger charge is -2.32. The van der Waals surface area contributed by atoms with Gasteiger partial charge in [0.05, 0.1) is 36.5 Å². The molecule has 1 aliphatic rings. The number of hydrogen-bond acceptors (Lipinski definition) is 5. The van der Waals surface area contributed by atoms with Gasteiger partial charge in [0.15, 0.2) is 0 Å². The van der Waals surface area contributed by atoms with Crippen molar-refractivity contribution in [1.82, 2.24) is 20.1 Å². The number of rotatable bonds is 5. The summed E-state index contributed by atoms with van der Waals surface area (Å²) in [5, 5.41) is 6.92. The summed E-state index contributed by atoms with van der Waals surface area (Å²) in [5.74, 6) is 0.573. The van der Waals surface area contributed by atoms with Crippen LogP contribution in [0.15, 0.2) is 24.5 Å². The van der Waals surface area contributed by atoms with Gasteiger partial charge in [0, 0.05) is 19.0 Å². The van der Waals surface area contributed by atoms with E-state index in [1.807, 2.05) is 12.1 Å². The van der Waals surface area contributed by atoms with Crippen LogP contribution >= 0.6 is 0 Å². The van der Waals surface area contributed by atoms with Gasteiger partial charge >= 0.3 is 0 Å². The van der Waals surface area contributed by atoms with E-state index < -0.39 is 5.91 Å². The van der Waals surface area contributed by atoms with Crippen molar-refractivity contribution >= 4 is 5.91 Å². The maximum atomic E-state index is 11.5. The van der Waals surface area contributed by atoms with E-state index in [-0.39, 0.29) is 5.92 Å². The second-order valence-electron chi connectivity index (χ2n) is 5.83. The van der Waals surface area contributed by atoms with Gasteiger partial charge in [-0.15, -0.1) is 0 Å². The second kappa shape index (κ2) is 6.78. The van der Waals surface area contributed by atoms with Crippen LogP contribution in [0.1, 0.15) is 40.5 Å². The van der Waals surface area contributed by atoms with Crippen LogP contribution in [0.2, 0.25) is 0 Å². The first-order valence-electron chi connectivity index (χ1n) is 7.71. The highest BCUT2D eigenvalue weighted by molar-refractivity contribution is 5.93. The summed E-state index contributed by atoms with van der Waals surface area (Å²) < 4.78 is 5.13. The number of primary amides is 1. The minimum atomic E-state index is -0.428. The number of ether oxygens (including phenoxy) is 1. The molecular weight excluding hydrogens is 294 g/mol. The average Bonchev–Trinajstić information content (AvgIpc) is 3.06. The Morgan fingerprint density at radius 1 is 1.48 bits per heavy atom. The number of H-pyrrole nitrogens is 1. The quantitative estimate of drug-likeness (QED) is 0.866. The summed E-state index contributed by atoms with van der Waals surface area (Å²) in [5.41, 5.74) is 7.77. The van der Waals surface area contributed by atoms with Crippen LogP contribution in [0.4, 0.5) is 0 Å². The lowest BCUT2D eigenvalue weighted by atomic mass is 9.92. The monoisotopic (exact) mass is 315 g/mol. The van der Waals surface area contributed by atoms with Crippen LogP contribution in [-0.2, 0) is 6.54 Å². The Kier molecular flexibility index (Phi) is 4.57. The Morgan fingerprint density at radius 2 is 2.35 bits per heavy atom. The molecular formula is C16H21N5O2. The van der Waals surface area contributed by atoms with E-state index in [1.165, 1.54) is 6.20 Å². The van der Waals surface area contributed by atoms with Crippen LogP contribution < -0.4 is 10.5 Å². The summed E-state index contributed by atoms with van der Waals surface area (Å²) in [6, 6.07) is 3.90. The molecule has 23 heavy (non-hydrogen) atoms. The molecule has 0 bridgehead atoms. The molecule has 1 atom stereocenters. The first kappa shape index (κ1) is 15.5. The van der Waals surface area contributed by atoms with Gasteiger partial charge in [-0.1, -0.05) is 0 Å². The van der Waals surface area contributed by atoms with Gasteiger partial charge in [-0.05, 0) is 31.5 Å². The molecule has 7 heteroatoms. The molecule has 1 amide bonds. The number of methoxy groups -OCH3 is 1. The van der Waals surface area contributed by atoms with Gasteiger partial charge in [0.25, 0.3) is 5.91 Å². The fraction of sp³-hybridized carbons (Fsp3) is 0.438. The highest BCUT2D eigenvalue weighted by atomic mass is 16.5. The summed E-state index contributed by atoms with van der Waals surface area (Å²) in [6.07, 6.45) is 5.34. The molecule has 0 aliphatic carbocycles. The van der Waals surface area contributed by atoms with Gasteiger partial charge < -0.3 is 10.5 Å². The third-order valence-electron chi connectivity index (χ3n) is 4.27. The van der Waals surface area contributed by atoms with Gasteiger partial charge in [-0.3, -0.25) is 19.8 Å². The SMILES string of the molecule is COc1ccc(CN2CCCC(c3[nH]ncc3C(N)=O)C2)nc1. The molecule has 3 rings (SSSR count). The van der Waals surface area contributed by atoms with E-state index in [4.69, 9.17) is 10.5 Å². The number of amides is 1. The number of carbonyl (C=O) groups excluding carboxylic acids is 1. The molecule has 0 saturated carbocycles. The Balaban J connectivity index is 1.68. The molecule has 1 saturated heterocycles. The van der Waals surface area contributed by atoms with E-state index in [9.17, 15) is 4.79 Å². The topological polar surface area (TPSA) is 97.1 Å². The zero-order valence-corrected chi connectivity index (χ0v) is 13.2. The third-order valence-corrected chi connectivity index (χ3v) is 4.27. The number of hydrogen-bond donors (Lipinski definition) is 2. The van der Waals surface area contributed by atoms with Crippen molar-refractivity contribution in [2.75, 3.05) is 20.2 Å². The number of pyridine rings is 1. The van der Waals surface area contributed by atoms with Crippen molar-refractivity contribution in [2.24, 2.45) is 5.73 Å². The molecule has 1 fully saturated rings. The molecule has 0 aromatic carbocycles. The minimum Gasteiger partial charge on any atom is -0.495 e. The summed E-state index contributed by atoms with van der Waals surface area (Å²) in [7, 11) is 1.63. The number of carbonyl (C=O) groups is 1. The van der Waals surface area contributed by atoms with Crippen molar-refractivity contribution in [3.8, 4) is 5.75 Å². The summed E-state index contributed by atoms with van der Waals surface area (Å²) in [6.45, 7) is 2.65. The van der Waals surface area contributed by atoms with Gasteiger partial charge in [-0.2, -0.15) is 5.10 Å². The van der Waals surface area contributed by atoms with E-state index in [1.54, 1.807) is 13.3 Å². The predicted octanol–water partition coefficient (Wildman–Crippen LogP) is 1.29. The fourth-order valence-corrected chi connectivity index (χ4v) is 3.09. The number of aromatic amines is 1. The Labute approximate surface area is 134 Å². The molecule has 0 spiro atoms. The summed E-state index contributed by atoms with van der Waals surface area (Å²) >= 11 is 0. The number of nitrogens with zero attached hydrogens (tertiary/aromatic N) is 3. The second-order valence-corrected chi connectivity index (χ2v) is 5.83. The molecule has 1 unspecified atom stereocenters. The molecule has 3 N–H and O–H groups in total. The first-order chi connectivity index (χ1) is 11.2. The molecule has 2 aromatic rings. The maximum absolute atomic E-state index is 11.5. The van der Waals surface area contributed by atoms with E-state index in [2.05, 4.69) is 20.1 Å². The minimum absolute atomic E-state index is 0.243. The smallest absolute Gasteiger partial charge is 0.252 e. The number of likely N-dealkylation sites (tertiary alicyclic amines) is 1. The largest absolute Gasteiger partial charge is 0.495 e. The molecule has 1 aliphatic heterocycles. The zero-order valence-electron chi connectivity index (χ0n) is 13.2. The van der Waals surface area contributed by atoms with E-state index in [0.717, 1.165) is 49.6 Å². The van der Waals surface area contributed by atoms with Crippen molar-refractivity contribution in [3.63, 3.8) is 0 Å². The Hall–Kier alpha value is -2.41. The fourth-order valence-electron chi connectivity index (χ4n) is 3.09. The molecule has 122 valence electrons. The first-order valence-corrected chi connectivity index (χ1v) is 7.71. The lowest BCUT2D eigenvalue weighted by Crippen LogP contribution is -2.35. The molecule has 3 heterocycles. The lowest BCUT2D eigenvalue weighted by molar-refractivity contribution is 0.0997. The molecule has 0 radical (unpaired) electrons. The van der Waals surface area contributed by atoms with Crippen LogP contribution in [0.3, 0.4) is 0 Å². The van der Waals surface area contributed by atoms with Crippen LogP contribution in [0.25, 0.3) is 0 Å². The van der Waals surface area contributed by atoms with Gasteiger partial charge in [-0.25, -0.2) is 0 Å². The van der Waals surface area contributed by atoms with Gasteiger partial charge in [0.2, 0.25) is 0 Å². The highest BCUT2D eigenvalue weighted by Crippen LogP contribution is 2.28. The predicted molar refractivity (Wildman–Crippen MR) is 85.1 cm³/mol. The Morgan fingerprint density at radius 3 is 3.04 bits per heavy atom. The van der Waals surface area contributed by atoms with Crippen LogP contribution in [0, 0.1) is 0 Å². The van der Waals surface area contributed by atoms with Crippen LogP contribution in [0.5, 0.6) is 5.75 Å². The van der Waals surface area contributed by atoms with E-state index in [0.29, 0.717) is 5.56 Å². The average molecular weight is 315 g/mol. The number of nitrogens with one attached hydrogen (secondary N) is 1. The normalized spacial score (nSPS) is 18.7. The third kappa shape index (κ3) is 3.50. The zero-order chi connectivity index (χ0) is 16.2.